The molecule has 0 bridgehead atoms. The molecule has 0 spiro atoms. The minimum absolute atomic E-state index is 0.0239. The highest BCUT2D eigenvalue weighted by Gasteiger charge is 2.27. The van der Waals surface area contributed by atoms with Gasteiger partial charge in [-0.3, -0.25) is 14.4 Å². The van der Waals surface area contributed by atoms with Crippen molar-refractivity contribution in [3.63, 3.8) is 0 Å². The van der Waals surface area contributed by atoms with Gasteiger partial charge < -0.3 is 20.5 Å². The highest BCUT2D eigenvalue weighted by molar-refractivity contribution is 7.20. The van der Waals surface area contributed by atoms with Crippen LogP contribution in [0.3, 0.4) is 0 Å². The van der Waals surface area contributed by atoms with Crippen molar-refractivity contribution in [2.24, 2.45) is 5.92 Å². The molecule has 0 saturated heterocycles. The van der Waals surface area contributed by atoms with Gasteiger partial charge in [-0.05, 0) is 73.5 Å². The Kier molecular flexibility index (Phi) is 7.60. The maximum atomic E-state index is 14.5. The van der Waals surface area contributed by atoms with Crippen LogP contribution in [0.5, 0.6) is 5.75 Å². The van der Waals surface area contributed by atoms with Crippen molar-refractivity contribution in [1.82, 2.24) is 10.6 Å². The molecule has 7 nitrogen and oxygen atoms in total. The van der Waals surface area contributed by atoms with E-state index in [-0.39, 0.29) is 48.1 Å². The predicted octanol–water partition coefficient (Wildman–Crippen LogP) is 4.36. The van der Waals surface area contributed by atoms with Crippen LogP contribution in [-0.4, -0.2) is 42.1 Å². The van der Waals surface area contributed by atoms with E-state index < -0.39 is 17.7 Å². The summed E-state index contributed by atoms with van der Waals surface area (Å²) in [5, 5.41) is 15.0. The number of fused-ring (bicyclic) bond motifs is 1. The molecule has 35 heavy (non-hydrogen) atoms. The van der Waals surface area contributed by atoms with Crippen LogP contribution in [0.25, 0.3) is 10.1 Å². The smallest absolute Gasteiger partial charge is 0.306 e. The van der Waals surface area contributed by atoms with E-state index >= 15 is 0 Å². The van der Waals surface area contributed by atoms with E-state index in [0.29, 0.717) is 35.9 Å². The maximum Gasteiger partial charge on any atom is 0.306 e. The molecule has 3 aromatic rings. The Morgan fingerprint density at radius 1 is 0.943 bits per heavy atom. The van der Waals surface area contributed by atoms with Crippen LogP contribution in [0.15, 0.2) is 42.5 Å². The molecular formula is C25H24F2N2O5S. The summed E-state index contributed by atoms with van der Waals surface area (Å²) in [6, 6.07) is 9.85. The molecule has 3 N–H and O–H groups in total. The molecule has 0 radical (unpaired) electrons. The van der Waals surface area contributed by atoms with Gasteiger partial charge in [0.25, 0.3) is 11.8 Å². The molecule has 1 heterocycles. The second kappa shape index (κ2) is 10.8. The number of amides is 2. The highest BCUT2D eigenvalue weighted by Crippen LogP contribution is 2.29. The maximum absolute atomic E-state index is 14.5. The largest absolute Gasteiger partial charge is 0.487 e. The number of carbonyl (C=O) groups is 3. The third-order valence-electron chi connectivity index (χ3n) is 5.91. The van der Waals surface area contributed by atoms with Gasteiger partial charge in [0.05, 0.1) is 16.9 Å². The van der Waals surface area contributed by atoms with Gasteiger partial charge in [-0.25, -0.2) is 8.78 Å². The molecule has 4 rings (SSSR count). The van der Waals surface area contributed by atoms with Crippen LogP contribution in [0.2, 0.25) is 0 Å². The molecule has 0 unspecified atom stereocenters. The summed E-state index contributed by atoms with van der Waals surface area (Å²) in [6.07, 6.45) is 1.77. The highest BCUT2D eigenvalue weighted by atomic mass is 32.1. The van der Waals surface area contributed by atoms with Crippen molar-refractivity contribution in [1.29, 1.82) is 0 Å². The second-order valence-electron chi connectivity index (χ2n) is 8.38. The van der Waals surface area contributed by atoms with Crippen molar-refractivity contribution < 1.29 is 33.0 Å². The summed E-state index contributed by atoms with van der Waals surface area (Å²) in [4.78, 5) is 36.1. The zero-order valence-corrected chi connectivity index (χ0v) is 19.5. The quantitative estimate of drug-likeness (QED) is 0.397. The lowest BCUT2D eigenvalue weighted by atomic mass is 9.87. The van der Waals surface area contributed by atoms with Gasteiger partial charge >= 0.3 is 5.97 Å². The Bertz CT molecular complexity index is 1250. The van der Waals surface area contributed by atoms with E-state index in [1.807, 2.05) is 0 Å². The van der Waals surface area contributed by atoms with Gasteiger partial charge in [-0.1, -0.05) is 0 Å². The van der Waals surface area contributed by atoms with Gasteiger partial charge in [0.1, 0.15) is 5.82 Å². The van der Waals surface area contributed by atoms with E-state index in [1.165, 1.54) is 35.6 Å². The number of hydrogen-bond acceptors (Lipinski definition) is 5. The number of carbonyl (C=O) groups excluding carboxylic acids is 2. The van der Waals surface area contributed by atoms with Crippen LogP contribution in [0.1, 0.15) is 45.7 Å². The fourth-order valence-electron chi connectivity index (χ4n) is 4.01. The topological polar surface area (TPSA) is 105 Å². The molecule has 0 atom stereocenters. The molecule has 2 amide bonds. The first-order chi connectivity index (χ1) is 16.8. The molecular weight excluding hydrogens is 478 g/mol. The summed E-state index contributed by atoms with van der Waals surface area (Å²) >= 11 is 1.25. The zero-order valence-electron chi connectivity index (χ0n) is 18.7. The van der Waals surface area contributed by atoms with Crippen LogP contribution in [0.4, 0.5) is 8.78 Å². The number of nitrogens with one attached hydrogen (secondary N) is 2. The van der Waals surface area contributed by atoms with Crippen molar-refractivity contribution >= 4 is 39.2 Å². The number of benzene rings is 2. The Morgan fingerprint density at radius 3 is 2.34 bits per heavy atom. The average Bonchev–Trinajstić information content (AvgIpc) is 3.26. The van der Waals surface area contributed by atoms with Crippen LogP contribution in [0, 0.1) is 17.6 Å². The first-order valence-electron chi connectivity index (χ1n) is 11.2. The summed E-state index contributed by atoms with van der Waals surface area (Å²) in [6.45, 7) is 0.298. The third kappa shape index (κ3) is 6.13. The average molecular weight is 503 g/mol. The van der Waals surface area contributed by atoms with Gasteiger partial charge in [-0.15, -0.1) is 11.3 Å². The molecule has 1 aromatic heterocycles. The monoisotopic (exact) mass is 502 g/mol. The van der Waals surface area contributed by atoms with Crippen LogP contribution >= 0.6 is 11.3 Å². The van der Waals surface area contributed by atoms with E-state index in [4.69, 9.17) is 9.84 Å². The van der Waals surface area contributed by atoms with Gasteiger partial charge in [0.2, 0.25) is 0 Å². The molecule has 1 aliphatic carbocycles. The lowest BCUT2D eigenvalue weighted by Crippen LogP contribution is -2.34. The molecule has 0 aliphatic heterocycles. The standard InChI is InChI=1S/C25H24F2N2O5S/c26-17-4-8-21-16(11-17)13-22(35-21)24(31)29-10-9-28-23(30)15-3-7-20(19(27)12-15)34-18-5-1-14(2-6-18)25(32)33/h3-4,7-8,11-14,18H,1-2,5-6,9-10H2,(H,28,30)(H,29,31)(H,32,33). The zero-order chi connectivity index (χ0) is 24.9. The first-order valence-corrected chi connectivity index (χ1v) is 12.1. The number of thiophene rings is 1. The molecule has 1 fully saturated rings. The molecule has 2 aromatic carbocycles. The fourth-order valence-corrected chi connectivity index (χ4v) is 4.97. The van der Waals surface area contributed by atoms with Gasteiger partial charge in [0.15, 0.2) is 11.6 Å². The van der Waals surface area contributed by atoms with E-state index in [0.717, 1.165) is 10.8 Å². The molecule has 10 heteroatoms. The normalized spacial score (nSPS) is 17.7. The first kappa shape index (κ1) is 24.6. The fraction of sp³-hybridized carbons (Fsp3) is 0.320. The Balaban J connectivity index is 1.23. The number of ether oxygens (including phenoxy) is 1. The van der Waals surface area contributed by atoms with E-state index in [1.54, 1.807) is 12.1 Å². The van der Waals surface area contributed by atoms with Crippen molar-refractivity contribution in [3.05, 3.63) is 64.5 Å². The lowest BCUT2D eigenvalue weighted by molar-refractivity contribution is -0.143. The summed E-state index contributed by atoms with van der Waals surface area (Å²) in [5.74, 6) is -3.05. The Hall–Kier alpha value is -3.53. The lowest BCUT2D eigenvalue weighted by Gasteiger charge is -2.27. The van der Waals surface area contributed by atoms with Crippen molar-refractivity contribution in [2.75, 3.05) is 13.1 Å². The van der Waals surface area contributed by atoms with E-state index in [2.05, 4.69) is 10.6 Å². The molecule has 1 saturated carbocycles. The minimum Gasteiger partial charge on any atom is -0.487 e. The molecule has 184 valence electrons. The number of halogens is 2. The van der Waals surface area contributed by atoms with Gasteiger partial charge in [0, 0.05) is 23.4 Å². The summed E-state index contributed by atoms with van der Waals surface area (Å²) < 4.78 is 34.3. The third-order valence-corrected chi connectivity index (χ3v) is 7.02. The van der Waals surface area contributed by atoms with Crippen molar-refractivity contribution in [2.45, 2.75) is 31.8 Å². The second-order valence-corrected chi connectivity index (χ2v) is 9.46. The Morgan fingerprint density at radius 2 is 1.66 bits per heavy atom. The summed E-state index contributed by atoms with van der Waals surface area (Å²) in [7, 11) is 0. The SMILES string of the molecule is O=C(NCCNC(=O)c1cc2cc(F)ccc2s1)c1ccc(OC2CCC(C(=O)O)CC2)c(F)c1. The number of carboxylic acids is 1. The predicted molar refractivity (Wildman–Crippen MR) is 127 cm³/mol. The van der Waals surface area contributed by atoms with Gasteiger partial charge in [-0.2, -0.15) is 0 Å². The minimum atomic E-state index is -0.818. The number of hydrogen-bond donors (Lipinski definition) is 3. The van der Waals surface area contributed by atoms with Crippen LogP contribution < -0.4 is 15.4 Å². The van der Waals surface area contributed by atoms with Crippen molar-refractivity contribution in [3.8, 4) is 5.75 Å². The number of carboxylic acid groups (broad SMARTS) is 1. The van der Waals surface area contributed by atoms with Crippen LogP contribution in [-0.2, 0) is 4.79 Å². The molecule has 1 aliphatic rings. The number of aliphatic carboxylic acids is 1. The van der Waals surface area contributed by atoms with E-state index in [9.17, 15) is 23.2 Å². The summed E-state index contributed by atoms with van der Waals surface area (Å²) in [5.41, 5.74) is 0.113. The number of rotatable bonds is 8. The Labute approximate surface area is 204 Å².